The van der Waals surface area contributed by atoms with E-state index >= 15 is 0 Å². The van der Waals surface area contributed by atoms with E-state index in [1.807, 2.05) is 0 Å². The molecule has 0 radical (unpaired) electrons. The Hall–Kier alpha value is -3.27. The number of amides is 3. The van der Waals surface area contributed by atoms with Gasteiger partial charge in [-0.05, 0) is 52.7 Å². The van der Waals surface area contributed by atoms with Gasteiger partial charge in [-0.1, -0.05) is 18.2 Å². The van der Waals surface area contributed by atoms with Gasteiger partial charge >= 0.3 is 11.9 Å². The maximum absolute atomic E-state index is 13.8. The molecule has 0 aromatic heterocycles. The molecule has 5 rings (SSSR count). The molecule has 4 aliphatic rings. The van der Waals surface area contributed by atoms with Crippen molar-refractivity contribution in [2.24, 2.45) is 11.8 Å². The van der Waals surface area contributed by atoms with Crippen LogP contribution in [0.3, 0.4) is 0 Å². The topological polar surface area (TPSA) is 120 Å². The van der Waals surface area contributed by atoms with Gasteiger partial charge in [0, 0.05) is 0 Å². The van der Waals surface area contributed by atoms with Gasteiger partial charge in [0.05, 0.1) is 12.3 Å². The van der Waals surface area contributed by atoms with Gasteiger partial charge in [-0.2, -0.15) is 0 Å². The van der Waals surface area contributed by atoms with Crippen LogP contribution >= 0.6 is 0 Å². The van der Waals surface area contributed by atoms with Crippen molar-refractivity contribution in [3.8, 4) is 0 Å². The lowest BCUT2D eigenvalue weighted by Crippen LogP contribution is -2.63. The molecule has 180 valence electrons. The number of fused-ring (bicyclic) bond motifs is 3. The maximum atomic E-state index is 13.8. The minimum Gasteiger partial charge on any atom is -0.463 e. The van der Waals surface area contributed by atoms with Gasteiger partial charge in [0.1, 0.15) is 23.5 Å². The molecule has 0 unspecified atom stereocenters. The van der Waals surface area contributed by atoms with Gasteiger partial charge < -0.3 is 14.2 Å². The molecule has 5 atom stereocenters. The number of para-hydroxylation sites is 1. The number of esters is 2. The summed E-state index contributed by atoms with van der Waals surface area (Å²) in [5.74, 6) is -6.30. The molecule has 0 saturated carbocycles. The predicted molar refractivity (Wildman–Crippen MR) is 115 cm³/mol. The first-order valence-electron chi connectivity index (χ1n) is 11.4. The Morgan fingerprint density at radius 1 is 1.09 bits per heavy atom. The van der Waals surface area contributed by atoms with Gasteiger partial charge in [-0.3, -0.25) is 19.3 Å². The summed E-state index contributed by atoms with van der Waals surface area (Å²) in [5.41, 5.74) is -4.40. The third kappa shape index (κ3) is 2.68. The smallest absolute Gasteiger partial charge is 0.349 e. The largest absolute Gasteiger partial charge is 0.463 e. The second-order valence-corrected chi connectivity index (χ2v) is 9.97. The average molecular weight is 470 g/mol. The van der Waals surface area contributed by atoms with Gasteiger partial charge in [-0.25, -0.2) is 14.5 Å². The zero-order valence-corrected chi connectivity index (χ0v) is 19.4. The van der Waals surface area contributed by atoms with E-state index in [9.17, 15) is 24.0 Å². The highest BCUT2D eigenvalue weighted by Crippen LogP contribution is 2.64. The minimum atomic E-state index is -2.32. The van der Waals surface area contributed by atoms with Gasteiger partial charge in [0.2, 0.25) is 11.8 Å². The fourth-order valence-corrected chi connectivity index (χ4v) is 5.79. The van der Waals surface area contributed by atoms with E-state index in [2.05, 4.69) is 0 Å². The summed E-state index contributed by atoms with van der Waals surface area (Å²) in [5, 5.41) is 0. The first kappa shape index (κ1) is 22.5. The van der Waals surface area contributed by atoms with Crippen molar-refractivity contribution in [2.75, 3.05) is 11.5 Å². The molecule has 4 fully saturated rings. The quantitative estimate of drug-likeness (QED) is 0.365. The number of rotatable bonds is 4. The van der Waals surface area contributed by atoms with E-state index in [0.29, 0.717) is 5.69 Å². The summed E-state index contributed by atoms with van der Waals surface area (Å²) in [6.45, 7) is 6.63. The van der Waals surface area contributed by atoms with Crippen molar-refractivity contribution in [3.63, 3.8) is 0 Å². The van der Waals surface area contributed by atoms with Crippen molar-refractivity contribution in [1.82, 2.24) is 4.90 Å². The molecule has 4 heterocycles. The monoisotopic (exact) mass is 470 g/mol. The lowest BCUT2D eigenvalue weighted by Gasteiger charge is -2.38. The van der Waals surface area contributed by atoms with Crippen molar-refractivity contribution in [3.05, 3.63) is 30.3 Å². The number of nitrogens with zero attached hydrogens (tertiary/aromatic N) is 2. The first-order valence-corrected chi connectivity index (χ1v) is 11.4. The molecule has 3 amide bonds. The molecule has 10 heteroatoms. The molecule has 1 aromatic carbocycles. The van der Waals surface area contributed by atoms with Crippen LogP contribution in [0.1, 0.15) is 40.5 Å². The Morgan fingerprint density at radius 2 is 1.74 bits per heavy atom. The summed E-state index contributed by atoms with van der Waals surface area (Å²) in [6, 6.07) is 7.27. The van der Waals surface area contributed by atoms with E-state index in [0.717, 1.165) is 4.90 Å². The lowest BCUT2D eigenvalue weighted by atomic mass is 9.74. The molecule has 1 aromatic rings. The number of imide groups is 1. The number of benzene rings is 1. The van der Waals surface area contributed by atoms with Crippen molar-refractivity contribution in [2.45, 2.75) is 63.5 Å². The van der Waals surface area contributed by atoms with Crippen LogP contribution in [0.4, 0.5) is 5.69 Å². The zero-order chi connectivity index (χ0) is 24.6. The average Bonchev–Trinajstić information content (AvgIpc) is 3.44. The molecule has 34 heavy (non-hydrogen) atoms. The standard InChI is InChI=1S/C24H26N2O8/c1-5-32-21(31)24-16-15(17(27)25(18(16)28)13-9-7-6-8-10-13)23(34-24)12-11-14(26(23)20(24)30)19(29)33-22(2,3)4/h6-10,14-16H,5,11-12H2,1-4H3/t14-,15+,16-,23-,24+/m1/s1. The van der Waals surface area contributed by atoms with Crippen LogP contribution in [0.25, 0.3) is 0 Å². The fourth-order valence-electron chi connectivity index (χ4n) is 5.79. The summed E-state index contributed by atoms with van der Waals surface area (Å²) >= 11 is 0. The molecular weight excluding hydrogens is 444 g/mol. The van der Waals surface area contributed by atoms with Gasteiger partial charge in [0.15, 0.2) is 5.72 Å². The molecule has 0 N–H and O–H groups in total. The normalized spacial score (nSPS) is 33.9. The van der Waals surface area contributed by atoms with E-state index in [-0.39, 0.29) is 19.4 Å². The Labute approximate surface area is 196 Å². The number of ether oxygens (including phenoxy) is 3. The van der Waals surface area contributed by atoms with Crippen molar-refractivity contribution < 1.29 is 38.2 Å². The highest BCUT2D eigenvalue weighted by molar-refractivity contribution is 6.28. The Balaban J connectivity index is 1.62. The first-order chi connectivity index (χ1) is 16.0. The maximum Gasteiger partial charge on any atom is 0.349 e. The molecule has 1 spiro atoms. The summed E-state index contributed by atoms with van der Waals surface area (Å²) < 4.78 is 16.8. The van der Waals surface area contributed by atoms with E-state index in [1.54, 1.807) is 58.0 Å². The van der Waals surface area contributed by atoms with Crippen LogP contribution in [0, 0.1) is 11.8 Å². The number of hydrogen-bond acceptors (Lipinski definition) is 8. The Morgan fingerprint density at radius 3 is 2.35 bits per heavy atom. The summed E-state index contributed by atoms with van der Waals surface area (Å²) in [4.78, 5) is 69.5. The van der Waals surface area contributed by atoms with Crippen LogP contribution in [-0.4, -0.2) is 64.1 Å². The van der Waals surface area contributed by atoms with Crippen LogP contribution < -0.4 is 4.90 Å². The summed E-state index contributed by atoms with van der Waals surface area (Å²) in [7, 11) is 0. The third-order valence-corrected chi connectivity index (χ3v) is 6.87. The Bertz CT molecular complexity index is 1110. The minimum absolute atomic E-state index is 0.0539. The van der Waals surface area contributed by atoms with E-state index in [1.165, 1.54) is 4.90 Å². The second kappa shape index (κ2) is 7.11. The van der Waals surface area contributed by atoms with Gasteiger partial charge in [0.25, 0.3) is 11.5 Å². The van der Waals surface area contributed by atoms with Crippen LogP contribution in [0.5, 0.6) is 0 Å². The molecule has 10 nitrogen and oxygen atoms in total. The van der Waals surface area contributed by atoms with Crippen LogP contribution in [0.2, 0.25) is 0 Å². The summed E-state index contributed by atoms with van der Waals surface area (Å²) in [6.07, 6.45) is 0.280. The van der Waals surface area contributed by atoms with E-state index < -0.39 is 64.5 Å². The molecular formula is C24H26N2O8. The Kier molecular flexibility index (Phi) is 4.71. The number of piperidine rings is 1. The fraction of sp³-hybridized carbons (Fsp3) is 0.542. The SMILES string of the molecule is CCOC(=O)[C@@]12O[C@]3(CC[C@H](C(=O)OC(C)(C)C)N3C1=O)[C@@H]1C(=O)N(c3ccccc3)C(=O)[C@@H]12. The van der Waals surface area contributed by atoms with Crippen LogP contribution in [-0.2, 0) is 38.2 Å². The number of hydrogen-bond donors (Lipinski definition) is 0. The number of carbonyl (C=O) groups is 5. The number of carbonyl (C=O) groups excluding carboxylic acids is 5. The third-order valence-electron chi connectivity index (χ3n) is 6.87. The molecule has 4 saturated heterocycles. The second-order valence-electron chi connectivity index (χ2n) is 9.97. The van der Waals surface area contributed by atoms with E-state index in [4.69, 9.17) is 14.2 Å². The number of anilines is 1. The van der Waals surface area contributed by atoms with Crippen molar-refractivity contribution in [1.29, 1.82) is 0 Å². The predicted octanol–water partition coefficient (Wildman–Crippen LogP) is 1.17. The molecule has 0 aliphatic carbocycles. The molecule has 4 aliphatic heterocycles. The van der Waals surface area contributed by atoms with Crippen LogP contribution in [0.15, 0.2) is 30.3 Å². The highest BCUT2D eigenvalue weighted by atomic mass is 16.6. The lowest BCUT2D eigenvalue weighted by molar-refractivity contribution is -0.176. The highest BCUT2D eigenvalue weighted by Gasteiger charge is 2.87. The van der Waals surface area contributed by atoms with Crippen molar-refractivity contribution >= 4 is 35.3 Å². The molecule has 2 bridgehead atoms. The zero-order valence-electron chi connectivity index (χ0n) is 19.4. The van der Waals surface area contributed by atoms with Gasteiger partial charge in [-0.15, -0.1) is 0 Å².